The average Bonchev–Trinajstić information content (AvgIpc) is 3.04. The number of ether oxygens (including phenoxy) is 1. The number of halogens is 1. The van der Waals surface area contributed by atoms with Gasteiger partial charge in [-0.1, -0.05) is 0 Å². The summed E-state index contributed by atoms with van der Waals surface area (Å²) >= 11 is 1.42. The molecule has 2 aromatic rings. The second kappa shape index (κ2) is 6.22. The maximum absolute atomic E-state index is 12.8. The molecule has 1 saturated heterocycles. The van der Waals surface area contributed by atoms with Gasteiger partial charge in [0, 0.05) is 31.3 Å². The number of piperidine rings is 1. The lowest BCUT2D eigenvalue weighted by Gasteiger charge is -2.31. The van der Waals surface area contributed by atoms with Crippen LogP contribution >= 0.6 is 11.3 Å². The number of hydrogen-bond acceptors (Lipinski definition) is 4. The van der Waals surface area contributed by atoms with Crippen molar-refractivity contribution in [1.82, 2.24) is 9.88 Å². The fourth-order valence-electron chi connectivity index (χ4n) is 2.36. The van der Waals surface area contributed by atoms with E-state index in [4.69, 9.17) is 4.74 Å². The molecule has 3 rings (SSSR count). The average molecular weight is 306 g/mol. The van der Waals surface area contributed by atoms with Crippen molar-refractivity contribution >= 4 is 17.2 Å². The SMILES string of the molecule is O=C(c1cscn1)N1CCC(Oc2ccc(F)cc2)CC1. The number of hydrogen-bond donors (Lipinski definition) is 0. The molecule has 110 valence electrons. The summed E-state index contributed by atoms with van der Waals surface area (Å²) < 4.78 is 18.6. The van der Waals surface area contributed by atoms with Crippen LogP contribution in [0, 0.1) is 5.82 Å². The predicted octanol–water partition coefficient (Wildman–Crippen LogP) is 2.97. The second-order valence-corrected chi connectivity index (χ2v) is 5.66. The van der Waals surface area contributed by atoms with Crippen LogP contribution in [0.1, 0.15) is 23.3 Å². The molecule has 21 heavy (non-hydrogen) atoms. The lowest BCUT2D eigenvalue weighted by atomic mass is 10.1. The smallest absolute Gasteiger partial charge is 0.273 e. The van der Waals surface area contributed by atoms with Crippen molar-refractivity contribution in [2.24, 2.45) is 0 Å². The molecule has 0 radical (unpaired) electrons. The third-order valence-corrected chi connectivity index (χ3v) is 4.08. The zero-order valence-corrected chi connectivity index (χ0v) is 12.2. The number of aromatic nitrogens is 1. The van der Waals surface area contributed by atoms with Gasteiger partial charge >= 0.3 is 0 Å². The molecule has 0 spiro atoms. The Bertz CT molecular complexity index is 593. The van der Waals surface area contributed by atoms with Gasteiger partial charge in [-0.05, 0) is 24.3 Å². The summed E-state index contributed by atoms with van der Waals surface area (Å²) in [4.78, 5) is 18.0. The highest BCUT2D eigenvalue weighted by Gasteiger charge is 2.25. The van der Waals surface area contributed by atoms with E-state index in [1.807, 2.05) is 0 Å². The summed E-state index contributed by atoms with van der Waals surface area (Å²) in [5.74, 6) is 0.378. The van der Waals surface area contributed by atoms with Crippen LogP contribution in [-0.2, 0) is 0 Å². The maximum atomic E-state index is 12.8. The number of benzene rings is 1. The quantitative estimate of drug-likeness (QED) is 0.875. The summed E-state index contributed by atoms with van der Waals surface area (Å²) in [6.45, 7) is 1.31. The largest absolute Gasteiger partial charge is 0.490 e. The molecule has 0 atom stereocenters. The standard InChI is InChI=1S/C15H15FN2O2S/c16-11-1-3-12(4-2-11)20-13-5-7-18(8-6-13)15(19)14-9-21-10-17-14/h1-4,9-10,13H,5-8H2. The number of nitrogens with zero attached hydrogens (tertiary/aromatic N) is 2. The van der Waals surface area contributed by atoms with Crippen LogP contribution in [0.15, 0.2) is 35.2 Å². The fraction of sp³-hybridized carbons (Fsp3) is 0.333. The minimum absolute atomic E-state index is 0.0171. The normalized spacial score (nSPS) is 16.0. The molecule has 0 saturated carbocycles. The van der Waals surface area contributed by atoms with Crippen molar-refractivity contribution in [1.29, 1.82) is 0 Å². The number of thiazole rings is 1. The van der Waals surface area contributed by atoms with Gasteiger partial charge in [0.25, 0.3) is 5.91 Å². The number of likely N-dealkylation sites (tertiary alicyclic amines) is 1. The van der Waals surface area contributed by atoms with Gasteiger partial charge in [0.05, 0.1) is 5.51 Å². The first-order valence-electron chi connectivity index (χ1n) is 6.82. The molecule has 0 unspecified atom stereocenters. The van der Waals surface area contributed by atoms with E-state index in [9.17, 15) is 9.18 Å². The summed E-state index contributed by atoms with van der Waals surface area (Å²) in [5.41, 5.74) is 2.18. The van der Waals surface area contributed by atoms with Gasteiger partial charge in [-0.2, -0.15) is 0 Å². The molecule has 1 aromatic heterocycles. The van der Waals surface area contributed by atoms with Gasteiger partial charge in [0.15, 0.2) is 0 Å². The van der Waals surface area contributed by atoms with E-state index in [-0.39, 0.29) is 17.8 Å². The van der Waals surface area contributed by atoms with Gasteiger partial charge in [-0.15, -0.1) is 11.3 Å². The molecule has 1 aromatic carbocycles. The monoisotopic (exact) mass is 306 g/mol. The summed E-state index contributed by atoms with van der Waals surface area (Å²) in [7, 11) is 0. The molecular formula is C15H15FN2O2S. The summed E-state index contributed by atoms with van der Waals surface area (Å²) in [5, 5.41) is 1.77. The maximum Gasteiger partial charge on any atom is 0.273 e. The van der Waals surface area contributed by atoms with Gasteiger partial charge in [0.1, 0.15) is 23.4 Å². The topological polar surface area (TPSA) is 42.4 Å². The number of rotatable bonds is 3. The number of carbonyl (C=O) groups excluding carboxylic acids is 1. The van der Waals surface area contributed by atoms with E-state index in [1.165, 1.54) is 23.5 Å². The second-order valence-electron chi connectivity index (χ2n) is 4.94. The Morgan fingerprint density at radius 3 is 2.62 bits per heavy atom. The van der Waals surface area contributed by atoms with Crippen LogP contribution in [0.4, 0.5) is 4.39 Å². The molecule has 1 fully saturated rings. The van der Waals surface area contributed by atoms with Gasteiger partial charge < -0.3 is 9.64 Å². The summed E-state index contributed by atoms with van der Waals surface area (Å²) in [6, 6.07) is 6.02. The first-order chi connectivity index (χ1) is 10.2. The third-order valence-electron chi connectivity index (χ3n) is 3.50. The van der Waals surface area contributed by atoms with Gasteiger partial charge in [-0.3, -0.25) is 4.79 Å². The zero-order valence-electron chi connectivity index (χ0n) is 11.4. The van der Waals surface area contributed by atoms with E-state index in [2.05, 4.69) is 4.98 Å². The first-order valence-corrected chi connectivity index (χ1v) is 7.76. The van der Waals surface area contributed by atoms with Crippen molar-refractivity contribution in [3.8, 4) is 5.75 Å². The van der Waals surface area contributed by atoms with Gasteiger partial charge in [-0.25, -0.2) is 9.37 Å². The van der Waals surface area contributed by atoms with Crippen LogP contribution < -0.4 is 4.74 Å². The molecule has 1 aliphatic heterocycles. The van der Waals surface area contributed by atoms with Crippen molar-refractivity contribution in [3.63, 3.8) is 0 Å². The molecule has 4 nitrogen and oxygen atoms in total. The molecule has 0 aliphatic carbocycles. The molecular weight excluding hydrogens is 291 g/mol. The molecule has 0 N–H and O–H groups in total. The van der Waals surface area contributed by atoms with Crippen LogP contribution in [0.3, 0.4) is 0 Å². The molecule has 1 aliphatic rings. The minimum Gasteiger partial charge on any atom is -0.490 e. The highest BCUT2D eigenvalue weighted by atomic mass is 32.1. The van der Waals surface area contributed by atoms with Crippen molar-refractivity contribution in [2.75, 3.05) is 13.1 Å². The lowest BCUT2D eigenvalue weighted by molar-refractivity contribution is 0.0591. The Hall–Kier alpha value is -1.95. The number of carbonyl (C=O) groups is 1. The lowest BCUT2D eigenvalue weighted by Crippen LogP contribution is -2.41. The summed E-state index contributed by atoms with van der Waals surface area (Å²) in [6.07, 6.45) is 1.61. The predicted molar refractivity (Wildman–Crippen MR) is 78.1 cm³/mol. The number of amides is 1. The van der Waals surface area contributed by atoms with E-state index in [0.29, 0.717) is 24.5 Å². The van der Waals surface area contributed by atoms with Crippen LogP contribution in [0.2, 0.25) is 0 Å². The molecule has 1 amide bonds. The minimum atomic E-state index is -0.272. The van der Waals surface area contributed by atoms with Gasteiger partial charge in [0.2, 0.25) is 0 Å². The van der Waals surface area contributed by atoms with Crippen LogP contribution in [0.25, 0.3) is 0 Å². The molecule has 6 heteroatoms. The van der Waals surface area contributed by atoms with Crippen molar-refractivity contribution in [2.45, 2.75) is 18.9 Å². The molecule has 2 heterocycles. The third kappa shape index (κ3) is 3.39. The molecule has 0 bridgehead atoms. The highest BCUT2D eigenvalue weighted by Crippen LogP contribution is 2.20. The van der Waals surface area contributed by atoms with E-state index in [1.54, 1.807) is 27.9 Å². The van der Waals surface area contributed by atoms with E-state index < -0.39 is 0 Å². The van der Waals surface area contributed by atoms with E-state index in [0.717, 1.165) is 12.8 Å². The highest BCUT2D eigenvalue weighted by molar-refractivity contribution is 7.07. The Labute approximate surface area is 126 Å². The van der Waals surface area contributed by atoms with Crippen LogP contribution in [0.5, 0.6) is 5.75 Å². The Morgan fingerprint density at radius 2 is 2.00 bits per heavy atom. The first kappa shape index (κ1) is 14.0. The fourth-order valence-corrected chi connectivity index (χ4v) is 2.89. The Kier molecular flexibility index (Phi) is 4.15. The Morgan fingerprint density at radius 1 is 1.29 bits per heavy atom. The zero-order chi connectivity index (χ0) is 14.7. The van der Waals surface area contributed by atoms with Crippen molar-refractivity contribution in [3.05, 3.63) is 46.7 Å². The van der Waals surface area contributed by atoms with Crippen molar-refractivity contribution < 1.29 is 13.9 Å². The van der Waals surface area contributed by atoms with Crippen LogP contribution in [-0.4, -0.2) is 35.0 Å². The Balaban J connectivity index is 1.53. The van der Waals surface area contributed by atoms with E-state index >= 15 is 0 Å².